The Morgan fingerprint density at radius 3 is 2.63 bits per heavy atom. The van der Waals surface area contributed by atoms with Crippen molar-refractivity contribution in [3.8, 4) is 0 Å². The van der Waals surface area contributed by atoms with Gasteiger partial charge in [-0.2, -0.15) is 0 Å². The van der Waals surface area contributed by atoms with Gasteiger partial charge in [0.1, 0.15) is 5.82 Å². The third-order valence-electron chi connectivity index (χ3n) is 3.52. The second kappa shape index (κ2) is 5.54. The van der Waals surface area contributed by atoms with Crippen molar-refractivity contribution in [1.29, 1.82) is 0 Å². The van der Waals surface area contributed by atoms with Crippen LogP contribution < -0.4 is 0 Å². The van der Waals surface area contributed by atoms with Crippen molar-refractivity contribution in [2.45, 2.75) is 52.5 Å². The Morgan fingerprint density at radius 1 is 1.32 bits per heavy atom. The fraction of sp³-hybridized carbons (Fsp3) is 0.562. The lowest BCUT2D eigenvalue weighted by Gasteiger charge is -2.25. The molecule has 0 aliphatic rings. The highest BCUT2D eigenvalue weighted by Crippen LogP contribution is 2.30. The van der Waals surface area contributed by atoms with Crippen molar-refractivity contribution >= 4 is 22.6 Å². The summed E-state index contributed by atoms with van der Waals surface area (Å²) in [5, 5.41) is 0.203. The fourth-order valence-corrected chi connectivity index (χ4v) is 3.29. The van der Waals surface area contributed by atoms with Crippen LogP contribution in [0, 0.1) is 5.41 Å². The Labute approximate surface area is 120 Å². The summed E-state index contributed by atoms with van der Waals surface area (Å²) < 4.78 is 2.32. The maximum atomic E-state index is 6.15. The molecule has 0 aliphatic heterocycles. The van der Waals surface area contributed by atoms with Gasteiger partial charge in [0, 0.05) is 18.3 Å². The van der Waals surface area contributed by atoms with Gasteiger partial charge < -0.3 is 4.57 Å². The molecule has 0 amide bonds. The second-order valence-electron chi connectivity index (χ2n) is 6.09. The summed E-state index contributed by atoms with van der Waals surface area (Å²) in [4.78, 5) is 4.80. The van der Waals surface area contributed by atoms with Gasteiger partial charge in [-0.25, -0.2) is 4.98 Å². The van der Waals surface area contributed by atoms with E-state index in [1.54, 1.807) is 0 Å². The molecule has 1 heterocycles. The normalized spacial score (nSPS) is 13.9. The molecular weight excluding hydrogens is 256 g/mol. The predicted molar refractivity (Wildman–Crippen MR) is 82.8 cm³/mol. The van der Waals surface area contributed by atoms with Crippen LogP contribution in [-0.4, -0.2) is 14.9 Å². The number of para-hydroxylation sites is 2. The van der Waals surface area contributed by atoms with E-state index in [2.05, 4.69) is 50.5 Å². The number of benzene rings is 1. The molecule has 19 heavy (non-hydrogen) atoms. The lowest BCUT2D eigenvalue weighted by molar-refractivity contribution is 0.320. The molecule has 3 heteroatoms. The van der Waals surface area contributed by atoms with Crippen LogP contribution in [0.25, 0.3) is 11.0 Å². The molecule has 0 radical (unpaired) electrons. The maximum Gasteiger partial charge on any atom is 0.110 e. The molecule has 1 aromatic carbocycles. The molecule has 0 spiro atoms. The first-order valence-electron chi connectivity index (χ1n) is 7.01. The zero-order chi connectivity index (χ0) is 14.0. The molecule has 0 fully saturated rings. The molecule has 2 nitrogen and oxygen atoms in total. The van der Waals surface area contributed by atoms with Gasteiger partial charge in [-0.15, -0.1) is 11.6 Å². The minimum Gasteiger partial charge on any atom is -0.328 e. The minimum atomic E-state index is 0.176. The predicted octanol–water partition coefficient (Wildman–Crippen LogP) is 4.64. The van der Waals surface area contributed by atoms with Gasteiger partial charge >= 0.3 is 0 Å². The Balaban J connectivity index is 2.34. The zero-order valence-corrected chi connectivity index (χ0v) is 13.0. The highest BCUT2D eigenvalue weighted by molar-refractivity contribution is 6.20. The first-order chi connectivity index (χ1) is 8.93. The molecular formula is C16H23ClN2. The molecule has 0 saturated heterocycles. The van der Waals surface area contributed by atoms with Crippen LogP contribution in [0.5, 0.6) is 0 Å². The number of hydrogen-bond donors (Lipinski definition) is 0. The Bertz CT molecular complexity index is 555. The molecule has 1 unspecified atom stereocenters. The van der Waals surface area contributed by atoms with E-state index in [-0.39, 0.29) is 10.8 Å². The van der Waals surface area contributed by atoms with Crippen molar-refractivity contribution in [3.05, 3.63) is 30.1 Å². The number of aryl methyl sites for hydroxylation is 1. The molecule has 0 saturated carbocycles. The molecule has 2 aromatic rings. The van der Waals surface area contributed by atoms with Crippen LogP contribution >= 0.6 is 11.6 Å². The van der Waals surface area contributed by atoms with E-state index in [1.165, 1.54) is 11.3 Å². The van der Waals surface area contributed by atoms with Crippen LogP contribution in [0.1, 0.15) is 39.9 Å². The third-order valence-corrected chi connectivity index (χ3v) is 3.67. The number of alkyl halides is 1. The van der Waals surface area contributed by atoms with Crippen molar-refractivity contribution in [2.75, 3.05) is 0 Å². The van der Waals surface area contributed by atoms with E-state index < -0.39 is 0 Å². The van der Waals surface area contributed by atoms with Crippen LogP contribution in [0.15, 0.2) is 24.3 Å². The van der Waals surface area contributed by atoms with Gasteiger partial charge in [0.2, 0.25) is 0 Å². The quantitative estimate of drug-likeness (QED) is 0.729. The van der Waals surface area contributed by atoms with Gasteiger partial charge in [0.25, 0.3) is 0 Å². The lowest BCUT2D eigenvalue weighted by atomic mass is 9.84. The summed E-state index contributed by atoms with van der Waals surface area (Å²) in [5.74, 6) is 1.17. The maximum absolute atomic E-state index is 6.15. The average molecular weight is 279 g/mol. The molecule has 0 bridgehead atoms. The summed E-state index contributed by atoms with van der Waals surface area (Å²) >= 11 is 6.15. The largest absolute Gasteiger partial charge is 0.328 e. The van der Waals surface area contributed by atoms with Crippen LogP contribution in [0.2, 0.25) is 0 Å². The van der Waals surface area contributed by atoms with Crippen LogP contribution in [0.3, 0.4) is 0 Å². The van der Waals surface area contributed by atoms with E-state index in [0.717, 1.165) is 24.9 Å². The number of imidazole rings is 1. The van der Waals surface area contributed by atoms with Gasteiger partial charge in [-0.05, 0) is 37.8 Å². The smallest absolute Gasteiger partial charge is 0.110 e. The standard InChI is InChI=1S/C16H23ClN2/c1-5-19-14-9-7-6-8-13(14)18-15(19)11-16(3,4)10-12(2)17/h6-9,12H,5,10-11H2,1-4H3. The van der Waals surface area contributed by atoms with Crippen molar-refractivity contribution in [2.24, 2.45) is 5.41 Å². The number of aromatic nitrogens is 2. The first-order valence-corrected chi connectivity index (χ1v) is 7.45. The SMILES string of the molecule is CCn1c(CC(C)(C)CC(C)Cl)nc2ccccc21. The van der Waals surface area contributed by atoms with Crippen LogP contribution in [0.4, 0.5) is 0 Å². The van der Waals surface area contributed by atoms with Gasteiger partial charge in [-0.1, -0.05) is 26.0 Å². The van der Waals surface area contributed by atoms with Crippen LogP contribution in [-0.2, 0) is 13.0 Å². The molecule has 2 rings (SSSR count). The summed E-state index contributed by atoms with van der Waals surface area (Å²) in [6, 6.07) is 8.35. The van der Waals surface area contributed by atoms with Gasteiger partial charge in [0.05, 0.1) is 11.0 Å². The number of rotatable bonds is 5. The summed E-state index contributed by atoms with van der Waals surface area (Å²) in [6.07, 6.45) is 1.97. The van der Waals surface area contributed by atoms with Crippen molar-refractivity contribution < 1.29 is 0 Å². The summed E-state index contributed by atoms with van der Waals surface area (Å²) in [5.41, 5.74) is 2.50. The number of nitrogens with zero attached hydrogens (tertiary/aromatic N) is 2. The van der Waals surface area contributed by atoms with Crippen molar-refractivity contribution in [1.82, 2.24) is 9.55 Å². The minimum absolute atomic E-state index is 0.176. The van der Waals surface area contributed by atoms with E-state index in [1.807, 2.05) is 6.07 Å². The molecule has 1 aromatic heterocycles. The Kier molecular flexibility index (Phi) is 4.19. The van der Waals surface area contributed by atoms with Crippen molar-refractivity contribution in [3.63, 3.8) is 0 Å². The highest BCUT2D eigenvalue weighted by Gasteiger charge is 2.24. The fourth-order valence-electron chi connectivity index (χ4n) is 2.87. The zero-order valence-electron chi connectivity index (χ0n) is 12.3. The topological polar surface area (TPSA) is 17.8 Å². The highest BCUT2D eigenvalue weighted by atomic mass is 35.5. The Hall–Kier alpha value is -1.02. The number of hydrogen-bond acceptors (Lipinski definition) is 1. The monoisotopic (exact) mass is 278 g/mol. The first kappa shape index (κ1) is 14.4. The van der Waals surface area contributed by atoms with E-state index in [9.17, 15) is 0 Å². The third kappa shape index (κ3) is 3.30. The van der Waals surface area contributed by atoms with Gasteiger partial charge in [-0.3, -0.25) is 0 Å². The number of fused-ring (bicyclic) bond motifs is 1. The van der Waals surface area contributed by atoms with Gasteiger partial charge in [0.15, 0.2) is 0 Å². The lowest BCUT2D eigenvalue weighted by Crippen LogP contribution is -2.21. The van der Waals surface area contributed by atoms with E-state index >= 15 is 0 Å². The number of halogens is 1. The molecule has 104 valence electrons. The molecule has 0 N–H and O–H groups in total. The summed E-state index contributed by atoms with van der Waals surface area (Å²) in [7, 11) is 0. The second-order valence-corrected chi connectivity index (χ2v) is 6.83. The van der Waals surface area contributed by atoms with E-state index in [0.29, 0.717) is 0 Å². The summed E-state index contributed by atoms with van der Waals surface area (Å²) in [6.45, 7) is 9.74. The van der Waals surface area contributed by atoms with E-state index in [4.69, 9.17) is 16.6 Å². The average Bonchev–Trinajstić information content (AvgIpc) is 2.62. The molecule has 0 aliphatic carbocycles. The molecule has 1 atom stereocenters. The Morgan fingerprint density at radius 2 is 2.00 bits per heavy atom.